The average Bonchev–Trinajstić information content (AvgIpc) is 2.53. The van der Waals surface area contributed by atoms with E-state index in [-0.39, 0.29) is 0 Å². The maximum atomic E-state index is 5.82. The number of hydrogen-bond donors (Lipinski definition) is 1. The summed E-state index contributed by atoms with van der Waals surface area (Å²) < 4.78 is 5.82. The first-order valence-electron chi connectivity index (χ1n) is 5.24. The highest BCUT2D eigenvalue weighted by Gasteiger charge is 2.30. The zero-order valence-electron chi connectivity index (χ0n) is 8.99. The Kier molecular flexibility index (Phi) is 4.16. The molecule has 0 aromatic carbocycles. The molecule has 78 valence electrons. The van der Waals surface area contributed by atoms with Crippen LogP contribution in [0, 0.1) is 0 Å². The molecule has 3 heteroatoms. The summed E-state index contributed by atoms with van der Waals surface area (Å²) in [5.41, 5.74) is 5.75. The number of nitrogens with zero attached hydrogens (tertiary/aromatic N) is 1. The van der Waals surface area contributed by atoms with E-state index < -0.39 is 0 Å². The zero-order chi connectivity index (χ0) is 9.84. The Hall–Kier alpha value is -0.120. The Morgan fingerprint density at radius 2 is 2.23 bits per heavy atom. The van der Waals surface area contributed by atoms with E-state index in [4.69, 9.17) is 10.5 Å². The molecule has 0 bridgehead atoms. The van der Waals surface area contributed by atoms with Gasteiger partial charge < -0.3 is 10.5 Å². The van der Waals surface area contributed by atoms with Crippen molar-refractivity contribution in [2.75, 3.05) is 20.1 Å². The van der Waals surface area contributed by atoms with E-state index in [0.29, 0.717) is 24.8 Å². The lowest BCUT2D eigenvalue weighted by atomic mass is 10.1. The number of nitrogens with two attached hydrogens (primary N) is 1. The van der Waals surface area contributed by atoms with Crippen molar-refractivity contribution in [1.29, 1.82) is 0 Å². The summed E-state index contributed by atoms with van der Waals surface area (Å²) >= 11 is 0. The van der Waals surface area contributed by atoms with E-state index in [9.17, 15) is 0 Å². The van der Waals surface area contributed by atoms with E-state index >= 15 is 0 Å². The van der Waals surface area contributed by atoms with Gasteiger partial charge >= 0.3 is 0 Å². The van der Waals surface area contributed by atoms with Crippen LogP contribution in [0.15, 0.2) is 0 Å². The largest absolute Gasteiger partial charge is 0.374 e. The molecule has 0 spiro atoms. The molecule has 1 saturated heterocycles. The fraction of sp³-hybridized carbons (Fsp3) is 1.00. The Labute approximate surface area is 81.2 Å². The molecule has 1 aliphatic heterocycles. The van der Waals surface area contributed by atoms with Crippen LogP contribution in [0.3, 0.4) is 0 Å². The number of likely N-dealkylation sites (N-methyl/N-ethyl adjacent to an activating group) is 1. The topological polar surface area (TPSA) is 38.5 Å². The van der Waals surface area contributed by atoms with Crippen LogP contribution in [0.25, 0.3) is 0 Å². The summed E-state index contributed by atoms with van der Waals surface area (Å²) in [6.07, 6.45) is 3.11. The second-order valence-corrected chi connectivity index (χ2v) is 3.94. The van der Waals surface area contributed by atoms with Crippen molar-refractivity contribution in [2.24, 2.45) is 5.73 Å². The van der Waals surface area contributed by atoms with Gasteiger partial charge in [0.15, 0.2) is 0 Å². The monoisotopic (exact) mass is 186 g/mol. The van der Waals surface area contributed by atoms with Gasteiger partial charge in [-0.2, -0.15) is 0 Å². The summed E-state index contributed by atoms with van der Waals surface area (Å²) in [5, 5.41) is 0. The van der Waals surface area contributed by atoms with Gasteiger partial charge in [-0.05, 0) is 33.4 Å². The Balaban J connectivity index is 2.46. The highest BCUT2D eigenvalue weighted by atomic mass is 16.5. The van der Waals surface area contributed by atoms with Crippen LogP contribution < -0.4 is 5.73 Å². The smallest absolute Gasteiger partial charge is 0.0746 e. The van der Waals surface area contributed by atoms with E-state index in [0.717, 1.165) is 13.0 Å². The third kappa shape index (κ3) is 2.66. The summed E-state index contributed by atoms with van der Waals surface area (Å²) in [7, 11) is 2.11. The first kappa shape index (κ1) is 11.0. The van der Waals surface area contributed by atoms with Gasteiger partial charge in [0.1, 0.15) is 0 Å². The lowest BCUT2D eigenvalue weighted by molar-refractivity contribution is 0.00414. The maximum absolute atomic E-state index is 5.82. The molecule has 3 atom stereocenters. The highest BCUT2D eigenvalue weighted by Crippen LogP contribution is 2.23. The minimum absolute atomic E-state index is 0.352. The number of rotatable bonds is 4. The second-order valence-electron chi connectivity index (χ2n) is 3.94. The molecular weight excluding hydrogens is 164 g/mol. The molecule has 1 heterocycles. The van der Waals surface area contributed by atoms with Crippen LogP contribution in [0.1, 0.15) is 26.7 Å². The predicted molar refractivity (Wildman–Crippen MR) is 54.7 cm³/mol. The maximum Gasteiger partial charge on any atom is 0.0746 e. The summed E-state index contributed by atoms with van der Waals surface area (Å²) in [6.45, 7) is 6.03. The van der Waals surface area contributed by atoms with Crippen LogP contribution in [0.2, 0.25) is 0 Å². The first-order chi connectivity index (χ1) is 6.19. The molecule has 0 amide bonds. The van der Waals surface area contributed by atoms with Crippen molar-refractivity contribution in [3.05, 3.63) is 0 Å². The van der Waals surface area contributed by atoms with Crippen molar-refractivity contribution in [3.63, 3.8) is 0 Å². The van der Waals surface area contributed by atoms with Gasteiger partial charge in [0.2, 0.25) is 0 Å². The summed E-state index contributed by atoms with van der Waals surface area (Å²) in [4.78, 5) is 2.28. The van der Waals surface area contributed by atoms with Gasteiger partial charge in [0, 0.05) is 12.6 Å². The van der Waals surface area contributed by atoms with Gasteiger partial charge in [-0.15, -0.1) is 0 Å². The molecule has 0 aliphatic carbocycles. The molecule has 1 rings (SSSR count). The van der Waals surface area contributed by atoms with Gasteiger partial charge in [-0.25, -0.2) is 0 Å². The first-order valence-corrected chi connectivity index (χ1v) is 5.24. The van der Waals surface area contributed by atoms with Gasteiger partial charge in [-0.3, -0.25) is 4.90 Å². The lowest BCUT2D eigenvalue weighted by Gasteiger charge is -2.30. The van der Waals surface area contributed by atoms with Gasteiger partial charge in [0.25, 0.3) is 0 Å². The number of hydrogen-bond acceptors (Lipinski definition) is 3. The van der Waals surface area contributed by atoms with Crippen LogP contribution in [-0.2, 0) is 4.74 Å². The van der Waals surface area contributed by atoms with E-state index in [1.165, 1.54) is 6.42 Å². The fourth-order valence-corrected chi connectivity index (χ4v) is 1.97. The molecule has 0 radical (unpaired) electrons. The Morgan fingerprint density at radius 3 is 2.62 bits per heavy atom. The molecular formula is C10H22N2O. The van der Waals surface area contributed by atoms with Crippen LogP contribution >= 0.6 is 0 Å². The normalized spacial score (nSPS) is 31.2. The molecule has 3 unspecified atom stereocenters. The summed E-state index contributed by atoms with van der Waals surface area (Å²) in [6, 6.07) is 0.398. The molecule has 1 fully saturated rings. The SMILES string of the molecule is CCN(C)C(CN)C1CCC(C)O1. The average molecular weight is 186 g/mol. The van der Waals surface area contributed by atoms with Crippen LogP contribution in [0.4, 0.5) is 0 Å². The Bertz CT molecular complexity index is 152. The van der Waals surface area contributed by atoms with Crippen molar-refractivity contribution in [2.45, 2.75) is 44.9 Å². The van der Waals surface area contributed by atoms with Crippen molar-refractivity contribution in [1.82, 2.24) is 4.90 Å². The minimum atomic E-state index is 0.352. The van der Waals surface area contributed by atoms with Crippen LogP contribution in [-0.4, -0.2) is 43.3 Å². The quantitative estimate of drug-likeness (QED) is 0.707. The zero-order valence-corrected chi connectivity index (χ0v) is 8.99. The third-order valence-corrected chi connectivity index (χ3v) is 3.00. The van der Waals surface area contributed by atoms with Gasteiger partial charge in [0.05, 0.1) is 12.2 Å². The molecule has 0 aromatic heterocycles. The van der Waals surface area contributed by atoms with Gasteiger partial charge in [-0.1, -0.05) is 6.92 Å². The molecule has 13 heavy (non-hydrogen) atoms. The van der Waals surface area contributed by atoms with Crippen LogP contribution in [0.5, 0.6) is 0 Å². The minimum Gasteiger partial charge on any atom is -0.374 e. The second kappa shape index (κ2) is 4.94. The molecule has 2 N–H and O–H groups in total. The Morgan fingerprint density at radius 1 is 1.54 bits per heavy atom. The number of ether oxygens (including phenoxy) is 1. The fourth-order valence-electron chi connectivity index (χ4n) is 1.97. The van der Waals surface area contributed by atoms with E-state index in [1.54, 1.807) is 0 Å². The molecule has 0 saturated carbocycles. The van der Waals surface area contributed by atoms with E-state index in [1.807, 2.05) is 0 Å². The van der Waals surface area contributed by atoms with Crippen molar-refractivity contribution in [3.8, 4) is 0 Å². The molecule has 0 aromatic rings. The summed E-state index contributed by atoms with van der Waals surface area (Å²) in [5.74, 6) is 0. The third-order valence-electron chi connectivity index (χ3n) is 3.00. The lowest BCUT2D eigenvalue weighted by Crippen LogP contribution is -2.46. The van der Waals surface area contributed by atoms with Crippen molar-refractivity contribution >= 4 is 0 Å². The standard InChI is InChI=1S/C10H22N2O/c1-4-12(3)9(7-11)10-6-5-8(2)13-10/h8-10H,4-7,11H2,1-3H3. The highest BCUT2D eigenvalue weighted by molar-refractivity contribution is 4.84. The molecule has 1 aliphatic rings. The van der Waals surface area contributed by atoms with Crippen molar-refractivity contribution < 1.29 is 4.74 Å². The molecule has 3 nitrogen and oxygen atoms in total. The van der Waals surface area contributed by atoms with E-state index in [2.05, 4.69) is 25.8 Å². The predicted octanol–water partition coefficient (Wildman–Crippen LogP) is 0.833.